The molecular weight excluding hydrogens is 370 g/mol. The van der Waals surface area contributed by atoms with Gasteiger partial charge in [-0.2, -0.15) is 5.10 Å². The van der Waals surface area contributed by atoms with E-state index in [0.717, 1.165) is 12.0 Å². The van der Waals surface area contributed by atoms with Gasteiger partial charge in [0.2, 0.25) is 5.91 Å². The third-order valence-corrected chi connectivity index (χ3v) is 5.82. The smallest absolute Gasteiger partial charge is 0.267 e. The number of amides is 1. The Bertz CT molecular complexity index is 998. The summed E-state index contributed by atoms with van der Waals surface area (Å²) < 4.78 is 11.8. The molecule has 1 fully saturated rings. The van der Waals surface area contributed by atoms with E-state index in [1.807, 2.05) is 6.07 Å². The van der Waals surface area contributed by atoms with Crippen LogP contribution in [0.1, 0.15) is 12.8 Å². The first-order valence-corrected chi connectivity index (χ1v) is 9.83. The second kappa shape index (κ2) is 8.11. The second-order valence-electron chi connectivity index (χ2n) is 7.63. The van der Waals surface area contributed by atoms with Gasteiger partial charge in [-0.1, -0.05) is 12.2 Å². The summed E-state index contributed by atoms with van der Waals surface area (Å²) in [6.07, 6.45) is 6.89. The van der Waals surface area contributed by atoms with Crippen LogP contribution in [0.15, 0.2) is 47.3 Å². The fraction of sp³-hybridized carbons (Fsp3) is 0.409. The van der Waals surface area contributed by atoms with Crippen molar-refractivity contribution in [3.63, 3.8) is 0 Å². The number of methoxy groups -OCH3 is 2. The van der Waals surface area contributed by atoms with E-state index in [9.17, 15) is 9.59 Å². The van der Waals surface area contributed by atoms with Gasteiger partial charge in [-0.3, -0.25) is 9.59 Å². The summed E-state index contributed by atoms with van der Waals surface area (Å²) in [7, 11) is 3.13. The van der Waals surface area contributed by atoms with E-state index >= 15 is 0 Å². The highest BCUT2D eigenvalue weighted by Gasteiger charge is 2.35. The molecule has 2 aliphatic rings. The van der Waals surface area contributed by atoms with Crippen LogP contribution in [0.3, 0.4) is 0 Å². The minimum Gasteiger partial charge on any atom is -0.493 e. The van der Waals surface area contributed by atoms with Gasteiger partial charge >= 0.3 is 0 Å². The Labute approximate surface area is 169 Å². The van der Waals surface area contributed by atoms with E-state index < -0.39 is 0 Å². The summed E-state index contributed by atoms with van der Waals surface area (Å²) in [5.41, 5.74) is 1.04. The van der Waals surface area contributed by atoms with Crippen molar-refractivity contribution in [3.8, 4) is 22.8 Å². The Balaban J connectivity index is 1.45. The number of allylic oxidation sites excluding steroid dienone is 2. The largest absolute Gasteiger partial charge is 0.493 e. The number of hydrogen-bond acceptors (Lipinski definition) is 5. The Morgan fingerprint density at radius 2 is 1.97 bits per heavy atom. The SMILES string of the molecule is COc1ccc(-c2ccc(=O)n(CC(=O)NC[C@H]3C[C@H]4C=C[C@H]3C4)n2)cc1OC. The van der Waals surface area contributed by atoms with E-state index in [-0.39, 0.29) is 18.0 Å². The lowest BCUT2D eigenvalue weighted by molar-refractivity contribution is -0.122. The van der Waals surface area contributed by atoms with Crippen molar-refractivity contribution in [2.45, 2.75) is 19.4 Å². The molecule has 1 aromatic carbocycles. The highest BCUT2D eigenvalue weighted by molar-refractivity contribution is 5.75. The maximum absolute atomic E-state index is 12.4. The molecule has 1 N–H and O–H groups in total. The molecule has 0 saturated heterocycles. The number of carbonyl (C=O) groups is 1. The molecule has 1 amide bonds. The van der Waals surface area contributed by atoms with Crippen LogP contribution in [-0.4, -0.2) is 36.5 Å². The van der Waals surface area contributed by atoms with Gasteiger partial charge in [-0.25, -0.2) is 4.68 Å². The zero-order chi connectivity index (χ0) is 20.4. The van der Waals surface area contributed by atoms with Gasteiger partial charge < -0.3 is 14.8 Å². The second-order valence-corrected chi connectivity index (χ2v) is 7.63. The van der Waals surface area contributed by atoms with Gasteiger partial charge in [-0.05, 0) is 54.9 Å². The predicted octanol–water partition coefficient (Wildman–Crippen LogP) is 2.26. The van der Waals surface area contributed by atoms with Crippen molar-refractivity contribution >= 4 is 5.91 Å². The van der Waals surface area contributed by atoms with Crippen molar-refractivity contribution in [2.24, 2.45) is 17.8 Å². The van der Waals surface area contributed by atoms with Gasteiger partial charge in [0.25, 0.3) is 5.56 Å². The molecule has 7 heteroatoms. The number of carbonyl (C=O) groups excluding carboxylic acids is 1. The first kappa shape index (κ1) is 19.2. The van der Waals surface area contributed by atoms with Crippen molar-refractivity contribution in [1.82, 2.24) is 15.1 Å². The van der Waals surface area contributed by atoms with Crippen LogP contribution in [0, 0.1) is 17.8 Å². The highest BCUT2D eigenvalue weighted by Crippen LogP contribution is 2.42. The molecule has 0 spiro atoms. The molecule has 3 atom stereocenters. The van der Waals surface area contributed by atoms with Crippen LogP contribution < -0.4 is 20.3 Å². The predicted molar refractivity (Wildman–Crippen MR) is 109 cm³/mol. The quantitative estimate of drug-likeness (QED) is 0.727. The monoisotopic (exact) mass is 395 g/mol. The lowest BCUT2D eigenvalue weighted by Gasteiger charge is -2.18. The zero-order valence-electron chi connectivity index (χ0n) is 16.6. The van der Waals surface area contributed by atoms with Gasteiger partial charge in [0.15, 0.2) is 11.5 Å². The number of rotatable bonds is 7. The lowest BCUT2D eigenvalue weighted by atomic mass is 9.94. The molecule has 1 saturated carbocycles. The molecule has 7 nitrogen and oxygen atoms in total. The van der Waals surface area contributed by atoms with Gasteiger partial charge in [-0.15, -0.1) is 0 Å². The van der Waals surface area contributed by atoms with Gasteiger partial charge in [0.05, 0.1) is 19.9 Å². The highest BCUT2D eigenvalue weighted by atomic mass is 16.5. The Morgan fingerprint density at radius 3 is 2.66 bits per heavy atom. The molecule has 2 bridgehead atoms. The molecule has 152 valence electrons. The standard InChI is InChI=1S/C22H25N3O4/c1-28-19-7-5-16(11-20(19)29-2)18-6-8-22(27)25(24-18)13-21(26)23-12-17-10-14-3-4-15(17)9-14/h3-8,11,14-15,17H,9-10,12-13H2,1-2H3,(H,23,26)/t14-,15-,17+/m0/s1. The fourth-order valence-corrected chi connectivity index (χ4v) is 4.28. The van der Waals surface area contributed by atoms with Crippen LogP contribution in [0.5, 0.6) is 11.5 Å². The third kappa shape index (κ3) is 4.04. The minimum absolute atomic E-state index is 0.101. The first-order chi connectivity index (χ1) is 14.1. The number of nitrogens with zero attached hydrogens (tertiary/aromatic N) is 2. The summed E-state index contributed by atoms with van der Waals surface area (Å²) >= 11 is 0. The van der Waals surface area contributed by atoms with Gasteiger partial charge in [0, 0.05) is 18.2 Å². The average Bonchev–Trinajstić information content (AvgIpc) is 3.36. The molecule has 1 aromatic heterocycles. The van der Waals surface area contributed by atoms with Crippen LogP contribution in [0.25, 0.3) is 11.3 Å². The van der Waals surface area contributed by atoms with Crippen LogP contribution in [-0.2, 0) is 11.3 Å². The number of aromatic nitrogens is 2. The topological polar surface area (TPSA) is 82.5 Å². The third-order valence-electron chi connectivity index (χ3n) is 5.82. The van der Waals surface area contributed by atoms with Crippen molar-refractivity contribution in [2.75, 3.05) is 20.8 Å². The Hall–Kier alpha value is -3.09. The molecule has 0 aliphatic heterocycles. The summed E-state index contributed by atoms with van der Waals surface area (Å²) in [5, 5.41) is 7.34. The minimum atomic E-state index is -0.313. The zero-order valence-corrected chi connectivity index (χ0v) is 16.6. The number of nitrogens with one attached hydrogen (secondary N) is 1. The van der Waals surface area contributed by atoms with E-state index in [1.54, 1.807) is 32.4 Å². The molecule has 0 radical (unpaired) electrons. The van der Waals surface area contributed by atoms with Crippen molar-refractivity contribution in [3.05, 3.63) is 52.8 Å². The molecule has 4 rings (SSSR count). The van der Waals surface area contributed by atoms with Crippen LogP contribution in [0.4, 0.5) is 0 Å². The number of hydrogen-bond donors (Lipinski definition) is 1. The maximum Gasteiger partial charge on any atom is 0.267 e. The average molecular weight is 395 g/mol. The molecule has 2 aliphatic carbocycles. The molecular formula is C22H25N3O4. The summed E-state index contributed by atoms with van der Waals surface area (Å²) in [5.74, 6) is 2.73. The van der Waals surface area contributed by atoms with E-state index in [2.05, 4.69) is 22.6 Å². The van der Waals surface area contributed by atoms with Crippen molar-refractivity contribution < 1.29 is 14.3 Å². The van der Waals surface area contributed by atoms with Crippen molar-refractivity contribution in [1.29, 1.82) is 0 Å². The molecule has 2 aromatic rings. The molecule has 1 heterocycles. The van der Waals surface area contributed by atoms with E-state index in [4.69, 9.17) is 9.47 Å². The summed E-state index contributed by atoms with van der Waals surface area (Å²) in [6.45, 7) is 0.547. The van der Waals surface area contributed by atoms with Crippen LogP contribution >= 0.6 is 0 Å². The molecule has 0 unspecified atom stereocenters. The first-order valence-electron chi connectivity index (χ1n) is 9.83. The van der Waals surface area contributed by atoms with E-state index in [0.29, 0.717) is 41.5 Å². The lowest BCUT2D eigenvalue weighted by Crippen LogP contribution is -2.36. The Morgan fingerprint density at radius 1 is 1.14 bits per heavy atom. The number of fused-ring (bicyclic) bond motifs is 2. The summed E-state index contributed by atoms with van der Waals surface area (Å²) in [4.78, 5) is 24.6. The molecule has 29 heavy (non-hydrogen) atoms. The van der Waals surface area contributed by atoms with Crippen LogP contribution in [0.2, 0.25) is 0 Å². The number of ether oxygens (including phenoxy) is 2. The van der Waals surface area contributed by atoms with E-state index in [1.165, 1.54) is 17.2 Å². The fourth-order valence-electron chi connectivity index (χ4n) is 4.28. The van der Waals surface area contributed by atoms with Gasteiger partial charge in [0.1, 0.15) is 6.54 Å². The Kier molecular flexibility index (Phi) is 5.38. The normalized spacial score (nSPS) is 21.9. The maximum atomic E-state index is 12.4. The summed E-state index contributed by atoms with van der Waals surface area (Å²) in [6, 6.07) is 8.47. The number of benzene rings is 1.